The second-order valence-corrected chi connectivity index (χ2v) is 3.46. The van der Waals surface area contributed by atoms with Crippen LogP contribution in [-0.2, 0) is 5.54 Å². The zero-order valence-corrected chi connectivity index (χ0v) is 7.40. The van der Waals surface area contributed by atoms with E-state index in [9.17, 15) is 8.78 Å². The zero-order chi connectivity index (χ0) is 9.47. The topological polar surface area (TPSA) is 12.0 Å². The summed E-state index contributed by atoms with van der Waals surface area (Å²) in [6.07, 6.45) is 1.76. The Kier molecular flexibility index (Phi) is 1.84. The van der Waals surface area contributed by atoms with E-state index in [1.165, 1.54) is 12.1 Å². The number of nitrogens with one attached hydrogen (secondary N) is 1. The smallest absolute Gasteiger partial charge is 0.128 e. The zero-order valence-electron chi connectivity index (χ0n) is 7.40. The molecule has 0 amide bonds. The molecule has 1 saturated carbocycles. The number of benzene rings is 1. The predicted octanol–water partition coefficient (Wildman–Crippen LogP) is 2.17. The molecule has 70 valence electrons. The van der Waals surface area contributed by atoms with Crippen molar-refractivity contribution in [2.24, 2.45) is 0 Å². The van der Waals surface area contributed by atoms with Gasteiger partial charge in [-0.3, -0.25) is 0 Å². The molecule has 13 heavy (non-hydrogen) atoms. The van der Waals surface area contributed by atoms with Crippen molar-refractivity contribution in [1.29, 1.82) is 0 Å². The SMILES string of the molecule is CNC1(c2cc(F)ccc2F)CC1. The highest BCUT2D eigenvalue weighted by atomic mass is 19.1. The Bertz CT molecular complexity index is 332. The summed E-state index contributed by atoms with van der Waals surface area (Å²) in [5, 5.41) is 3.03. The molecule has 0 spiro atoms. The summed E-state index contributed by atoms with van der Waals surface area (Å²) < 4.78 is 26.1. The third-order valence-electron chi connectivity index (χ3n) is 2.67. The van der Waals surface area contributed by atoms with Crippen molar-refractivity contribution in [2.75, 3.05) is 7.05 Å². The lowest BCUT2D eigenvalue weighted by Crippen LogP contribution is -2.25. The molecule has 1 fully saturated rings. The minimum Gasteiger partial charge on any atom is -0.310 e. The van der Waals surface area contributed by atoms with Gasteiger partial charge < -0.3 is 5.32 Å². The van der Waals surface area contributed by atoms with Crippen LogP contribution in [0.3, 0.4) is 0 Å². The van der Waals surface area contributed by atoms with E-state index in [4.69, 9.17) is 0 Å². The molecule has 1 aromatic rings. The third-order valence-corrected chi connectivity index (χ3v) is 2.67. The van der Waals surface area contributed by atoms with E-state index in [2.05, 4.69) is 5.32 Å². The lowest BCUT2D eigenvalue weighted by atomic mass is 10.0. The van der Waals surface area contributed by atoms with Crippen LogP contribution >= 0.6 is 0 Å². The first-order valence-electron chi connectivity index (χ1n) is 4.32. The van der Waals surface area contributed by atoms with Crippen molar-refractivity contribution in [2.45, 2.75) is 18.4 Å². The summed E-state index contributed by atoms with van der Waals surface area (Å²) in [6, 6.07) is 3.60. The number of hydrogen-bond acceptors (Lipinski definition) is 1. The van der Waals surface area contributed by atoms with Gasteiger partial charge in [-0.25, -0.2) is 8.78 Å². The fraction of sp³-hybridized carbons (Fsp3) is 0.400. The maximum atomic E-state index is 13.3. The van der Waals surface area contributed by atoms with Gasteiger partial charge in [0.2, 0.25) is 0 Å². The maximum absolute atomic E-state index is 13.3. The Hall–Kier alpha value is -0.960. The number of halogens is 2. The summed E-state index contributed by atoms with van der Waals surface area (Å²) in [6.45, 7) is 0. The number of hydrogen-bond donors (Lipinski definition) is 1. The van der Waals surface area contributed by atoms with E-state index in [1.807, 2.05) is 0 Å². The third kappa shape index (κ3) is 1.33. The minimum atomic E-state index is -0.377. The average molecular weight is 183 g/mol. The Morgan fingerprint density at radius 2 is 2.00 bits per heavy atom. The van der Waals surface area contributed by atoms with Crippen LogP contribution in [0.25, 0.3) is 0 Å². The number of rotatable bonds is 2. The molecule has 0 radical (unpaired) electrons. The average Bonchev–Trinajstić information content (AvgIpc) is 2.90. The first kappa shape index (κ1) is 8.63. The van der Waals surface area contributed by atoms with Gasteiger partial charge in [0.05, 0.1) is 0 Å². The Morgan fingerprint density at radius 1 is 1.31 bits per heavy atom. The van der Waals surface area contributed by atoms with Gasteiger partial charge >= 0.3 is 0 Å². The van der Waals surface area contributed by atoms with Gasteiger partial charge in [0.15, 0.2) is 0 Å². The fourth-order valence-electron chi connectivity index (χ4n) is 1.64. The quantitative estimate of drug-likeness (QED) is 0.741. The van der Waals surface area contributed by atoms with E-state index < -0.39 is 0 Å². The van der Waals surface area contributed by atoms with Gasteiger partial charge in [-0.15, -0.1) is 0 Å². The molecule has 0 heterocycles. The van der Waals surface area contributed by atoms with Crippen molar-refractivity contribution in [3.63, 3.8) is 0 Å². The first-order chi connectivity index (χ1) is 6.18. The molecule has 1 aliphatic rings. The van der Waals surface area contributed by atoms with E-state index in [1.54, 1.807) is 7.05 Å². The fourth-order valence-corrected chi connectivity index (χ4v) is 1.64. The highest BCUT2D eigenvalue weighted by molar-refractivity contribution is 5.31. The normalized spacial score (nSPS) is 18.7. The molecule has 0 saturated heterocycles. The Balaban J connectivity index is 2.44. The van der Waals surface area contributed by atoms with Crippen LogP contribution in [0, 0.1) is 11.6 Å². The van der Waals surface area contributed by atoms with Crippen molar-refractivity contribution in [1.82, 2.24) is 5.32 Å². The van der Waals surface area contributed by atoms with Gasteiger partial charge in [0.1, 0.15) is 11.6 Å². The molecule has 3 heteroatoms. The van der Waals surface area contributed by atoms with E-state index in [-0.39, 0.29) is 17.2 Å². The second kappa shape index (κ2) is 2.77. The molecule has 0 atom stereocenters. The van der Waals surface area contributed by atoms with Crippen LogP contribution in [0.4, 0.5) is 8.78 Å². The maximum Gasteiger partial charge on any atom is 0.128 e. The molecular formula is C10H11F2N. The predicted molar refractivity (Wildman–Crippen MR) is 46.3 cm³/mol. The summed E-state index contributed by atoms with van der Waals surface area (Å²) >= 11 is 0. The van der Waals surface area contributed by atoms with Crippen molar-refractivity contribution >= 4 is 0 Å². The minimum absolute atomic E-state index is 0.299. The van der Waals surface area contributed by atoms with Crippen LogP contribution in [-0.4, -0.2) is 7.05 Å². The van der Waals surface area contributed by atoms with E-state index >= 15 is 0 Å². The molecule has 0 unspecified atom stereocenters. The van der Waals surface area contributed by atoms with Gasteiger partial charge in [-0.2, -0.15) is 0 Å². The highest BCUT2D eigenvalue weighted by Crippen LogP contribution is 2.46. The van der Waals surface area contributed by atoms with Gasteiger partial charge in [0.25, 0.3) is 0 Å². The lowest BCUT2D eigenvalue weighted by Gasteiger charge is -2.15. The highest BCUT2D eigenvalue weighted by Gasteiger charge is 2.44. The van der Waals surface area contributed by atoms with E-state index in [0.29, 0.717) is 5.56 Å². The van der Waals surface area contributed by atoms with Crippen LogP contribution in [0.2, 0.25) is 0 Å². The summed E-state index contributed by atoms with van der Waals surface area (Å²) in [7, 11) is 1.78. The molecule has 0 bridgehead atoms. The lowest BCUT2D eigenvalue weighted by molar-refractivity contribution is 0.515. The van der Waals surface area contributed by atoms with Crippen molar-refractivity contribution < 1.29 is 8.78 Å². The van der Waals surface area contributed by atoms with Gasteiger partial charge in [0, 0.05) is 11.1 Å². The summed E-state index contributed by atoms with van der Waals surface area (Å²) in [5.74, 6) is -0.703. The Labute approximate surface area is 75.8 Å². The molecule has 1 N–H and O–H groups in total. The molecule has 1 aromatic carbocycles. The van der Waals surface area contributed by atoms with Crippen LogP contribution < -0.4 is 5.32 Å². The van der Waals surface area contributed by atoms with Crippen LogP contribution in [0.5, 0.6) is 0 Å². The molecule has 1 nitrogen and oxygen atoms in total. The monoisotopic (exact) mass is 183 g/mol. The molecular weight excluding hydrogens is 172 g/mol. The molecule has 0 aliphatic heterocycles. The Morgan fingerprint density at radius 3 is 2.54 bits per heavy atom. The molecule has 2 rings (SSSR count). The van der Waals surface area contributed by atoms with Crippen LogP contribution in [0.1, 0.15) is 18.4 Å². The van der Waals surface area contributed by atoms with Crippen molar-refractivity contribution in [3.8, 4) is 0 Å². The standard InChI is InChI=1S/C10H11F2N/c1-13-10(4-5-10)8-6-7(11)2-3-9(8)12/h2-3,6,13H,4-5H2,1H3. The first-order valence-corrected chi connectivity index (χ1v) is 4.32. The van der Waals surface area contributed by atoms with Crippen LogP contribution in [0.15, 0.2) is 18.2 Å². The largest absolute Gasteiger partial charge is 0.310 e. The summed E-state index contributed by atoms with van der Waals surface area (Å²) in [4.78, 5) is 0. The van der Waals surface area contributed by atoms with Gasteiger partial charge in [-0.05, 0) is 38.1 Å². The molecule has 1 aliphatic carbocycles. The van der Waals surface area contributed by atoms with E-state index in [0.717, 1.165) is 18.9 Å². The molecule has 0 aromatic heterocycles. The van der Waals surface area contributed by atoms with Gasteiger partial charge in [-0.1, -0.05) is 0 Å². The van der Waals surface area contributed by atoms with Crippen molar-refractivity contribution in [3.05, 3.63) is 35.4 Å². The second-order valence-electron chi connectivity index (χ2n) is 3.46. The summed E-state index contributed by atoms with van der Waals surface area (Å²) in [5.41, 5.74) is 0.154.